The maximum Gasteiger partial charge on any atom is 0.230 e. The Hall–Kier alpha value is -1.94. The maximum absolute atomic E-state index is 12.5. The summed E-state index contributed by atoms with van der Waals surface area (Å²) in [6.07, 6.45) is 2.36. The first kappa shape index (κ1) is 17.9. The zero-order valence-electron chi connectivity index (χ0n) is 15.0. The molecule has 3 rings (SSSR count). The molecule has 0 heterocycles. The molecular weight excluding hydrogens is 330 g/mol. The maximum atomic E-state index is 12.5. The number of aryl methyl sites for hydroxylation is 2. The summed E-state index contributed by atoms with van der Waals surface area (Å²) in [6, 6.07) is 14.5. The number of rotatable bonds is 7. The van der Waals surface area contributed by atoms with Gasteiger partial charge in [0.25, 0.3) is 0 Å². The SMILES string of the molecule is COc1ccc(C(NC(=O)CSc2ccc(C)c(C)c2)C2CC2)cc1. The van der Waals surface area contributed by atoms with Crippen LogP contribution in [0.3, 0.4) is 0 Å². The highest BCUT2D eigenvalue weighted by Gasteiger charge is 2.33. The molecule has 1 N–H and O–H groups in total. The molecule has 0 spiro atoms. The van der Waals surface area contributed by atoms with Crippen molar-refractivity contribution in [2.75, 3.05) is 12.9 Å². The van der Waals surface area contributed by atoms with Crippen LogP contribution in [-0.2, 0) is 4.79 Å². The van der Waals surface area contributed by atoms with Crippen molar-refractivity contribution >= 4 is 17.7 Å². The molecule has 1 unspecified atom stereocenters. The van der Waals surface area contributed by atoms with Gasteiger partial charge in [-0.1, -0.05) is 18.2 Å². The van der Waals surface area contributed by atoms with E-state index in [9.17, 15) is 4.79 Å². The van der Waals surface area contributed by atoms with Crippen LogP contribution < -0.4 is 10.1 Å². The van der Waals surface area contributed by atoms with Gasteiger partial charge in [0.05, 0.1) is 18.9 Å². The van der Waals surface area contributed by atoms with Crippen LogP contribution in [0.15, 0.2) is 47.4 Å². The lowest BCUT2D eigenvalue weighted by molar-refractivity contribution is -0.119. The number of carbonyl (C=O) groups excluding carboxylic acids is 1. The highest BCUT2D eigenvalue weighted by molar-refractivity contribution is 8.00. The zero-order chi connectivity index (χ0) is 17.8. The molecule has 1 fully saturated rings. The summed E-state index contributed by atoms with van der Waals surface area (Å²) in [4.78, 5) is 13.6. The Labute approximate surface area is 154 Å². The van der Waals surface area contributed by atoms with Crippen LogP contribution in [0.2, 0.25) is 0 Å². The van der Waals surface area contributed by atoms with Crippen molar-refractivity contribution in [1.82, 2.24) is 5.32 Å². The quantitative estimate of drug-likeness (QED) is 0.734. The number of hydrogen-bond donors (Lipinski definition) is 1. The second kappa shape index (κ2) is 7.96. The van der Waals surface area contributed by atoms with Gasteiger partial charge in [-0.25, -0.2) is 0 Å². The molecule has 0 aliphatic heterocycles. The van der Waals surface area contributed by atoms with Crippen LogP contribution in [0.1, 0.15) is 35.6 Å². The van der Waals surface area contributed by atoms with Gasteiger partial charge in [-0.15, -0.1) is 11.8 Å². The van der Waals surface area contributed by atoms with Crippen LogP contribution in [-0.4, -0.2) is 18.8 Å². The molecule has 2 aromatic carbocycles. The van der Waals surface area contributed by atoms with E-state index >= 15 is 0 Å². The number of methoxy groups -OCH3 is 1. The lowest BCUT2D eigenvalue weighted by Crippen LogP contribution is -2.31. The van der Waals surface area contributed by atoms with Crippen LogP contribution in [0.5, 0.6) is 5.75 Å². The minimum atomic E-state index is 0.0935. The molecule has 132 valence electrons. The van der Waals surface area contributed by atoms with Gasteiger partial charge in [0.15, 0.2) is 0 Å². The standard InChI is InChI=1S/C21H25NO2S/c1-14-4-11-19(12-15(14)2)25-13-20(23)22-21(16-5-6-16)17-7-9-18(24-3)10-8-17/h4,7-12,16,21H,5-6,13H2,1-3H3,(H,22,23). The number of ether oxygens (including phenoxy) is 1. The molecule has 1 saturated carbocycles. The highest BCUT2D eigenvalue weighted by atomic mass is 32.2. The van der Waals surface area contributed by atoms with Gasteiger partial charge in [0.2, 0.25) is 5.91 Å². The summed E-state index contributed by atoms with van der Waals surface area (Å²) in [6.45, 7) is 4.21. The normalized spacial score (nSPS) is 14.8. The molecule has 25 heavy (non-hydrogen) atoms. The van der Waals surface area contributed by atoms with E-state index in [4.69, 9.17) is 4.74 Å². The fraction of sp³-hybridized carbons (Fsp3) is 0.381. The minimum Gasteiger partial charge on any atom is -0.497 e. The Bertz CT molecular complexity index is 738. The summed E-state index contributed by atoms with van der Waals surface area (Å²) < 4.78 is 5.22. The van der Waals surface area contributed by atoms with Gasteiger partial charge >= 0.3 is 0 Å². The Morgan fingerprint density at radius 2 is 1.88 bits per heavy atom. The molecule has 3 nitrogen and oxygen atoms in total. The molecular formula is C21H25NO2S. The monoisotopic (exact) mass is 355 g/mol. The lowest BCUT2D eigenvalue weighted by atomic mass is 10.0. The second-order valence-electron chi connectivity index (χ2n) is 6.69. The number of hydrogen-bond acceptors (Lipinski definition) is 3. The van der Waals surface area contributed by atoms with Gasteiger partial charge in [-0.2, -0.15) is 0 Å². The summed E-state index contributed by atoms with van der Waals surface area (Å²) in [7, 11) is 1.67. The van der Waals surface area contributed by atoms with E-state index in [2.05, 4.69) is 49.5 Å². The molecule has 4 heteroatoms. The van der Waals surface area contributed by atoms with E-state index < -0.39 is 0 Å². The van der Waals surface area contributed by atoms with Gasteiger partial charge in [0.1, 0.15) is 5.75 Å². The molecule has 0 aromatic heterocycles. The van der Waals surface area contributed by atoms with Gasteiger partial charge in [0, 0.05) is 4.90 Å². The molecule has 1 aliphatic carbocycles. The predicted molar refractivity (Wildman–Crippen MR) is 103 cm³/mol. The molecule has 0 bridgehead atoms. The number of thioether (sulfide) groups is 1. The Kier molecular flexibility index (Phi) is 5.69. The van der Waals surface area contributed by atoms with Crippen molar-refractivity contribution in [2.24, 2.45) is 5.92 Å². The number of nitrogens with one attached hydrogen (secondary N) is 1. The molecule has 1 amide bonds. The third kappa shape index (κ3) is 4.79. The molecule has 2 aromatic rings. The molecule has 1 atom stereocenters. The highest BCUT2D eigenvalue weighted by Crippen LogP contribution is 2.41. The van der Waals surface area contributed by atoms with Crippen molar-refractivity contribution < 1.29 is 9.53 Å². The fourth-order valence-electron chi connectivity index (χ4n) is 2.88. The summed E-state index contributed by atoms with van der Waals surface area (Å²) in [5.74, 6) is 1.94. The first-order valence-electron chi connectivity index (χ1n) is 8.70. The number of benzene rings is 2. The van der Waals surface area contributed by atoms with E-state index in [1.165, 1.54) is 24.0 Å². The van der Waals surface area contributed by atoms with Crippen molar-refractivity contribution in [2.45, 2.75) is 37.6 Å². The largest absolute Gasteiger partial charge is 0.497 e. The fourth-order valence-corrected chi connectivity index (χ4v) is 3.69. The predicted octanol–water partition coefficient (Wildman–Crippen LogP) is 4.67. The first-order chi connectivity index (χ1) is 12.1. The van der Waals surface area contributed by atoms with Crippen LogP contribution >= 0.6 is 11.8 Å². The summed E-state index contributed by atoms with van der Waals surface area (Å²) in [5.41, 5.74) is 3.70. The van der Waals surface area contributed by atoms with Crippen molar-refractivity contribution in [1.29, 1.82) is 0 Å². The van der Waals surface area contributed by atoms with E-state index in [0.29, 0.717) is 11.7 Å². The average molecular weight is 356 g/mol. The first-order valence-corrected chi connectivity index (χ1v) is 9.69. The van der Waals surface area contributed by atoms with Gasteiger partial charge in [-0.05, 0) is 73.6 Å². The summed E-state index contributed by atoms with van der Waals surface area (Å²) in [5, 5.41) is 3.23. The second-order valence-corrected chi connectivity index (χ2v) is 7.74. The molecule has 1 aliphatic rings. The van der Waals surface area contributed by atoms with Crippen LogP contribution in [0, 0.1) is 19.8 Å². The van der Waals surface area contributed by atoms with E-state index in [-0.39, 0.29) is 11.9 Å². The zero-order valence-corrected chi connectivity index (χ0v) is 15.9. The Morgan fingerprint density at radius 1 is 1.16 bits per heavy atom. The lowest BCUT2D eigenvalue weighted by Gasteiger charge is -2.19. The smallest absolute Gasteiger partial charge is 0.230 e. The minimum absolute atomic E-state index is 0.0935. The van der Waals surface area contributed by atoms with E-state index in [0.717, 1.165) is 16.2 Å². The van der Waals surface area contributed by atoms with E-state index in [1.807, 2.05) is 12.1 Å². The van der Waals surface area contributed by atoms with Gasteiger partial charge in [-0.3, -0.25) is 4.79 Å². The molecule has 0 saturated heterocycles. The average Bonchev–Trinajstić information content (AvgIpc) is 3.46. The number of carbonyl (C=O) groups is 1. The van der Waals surface area contributed by atoms with Crippen molar-refractivity contribution in [3.8, 4) is 5.75 Å². The topological polar surface area (TPSA) is 38.3 Å². The Balaban J connectivity index is 1.59. The van der Waals surface area contributed by atoms with Crippen LogP contribution in [0.4, 0.5) is 0 Å². The number of amides is 1. The van der Waals surface area contributed by atoms with Crippen molar-refractivity contribution in [3.05, 3.63) is 59.2 Å². The third-order valence-corrected chi connectivity index (χ3v) is 5.73. The third-order valence-electron chi connectivity index (χ3n) is 4.73. The summed E-state index contributed by atoms with van der Waals surface area (Å²) >= 11 is 1.59. The van der Waals surface area contributed by atoms with Crippen molar-refractivity contribution in [3.63, 3.8) is 0 Å². The van der Waals surface area contributed by atoms with Gasteiger partial charge < -0.3 is 10.1 Å². The Morgan fingerprint density at radius 3 is 2.48 bits per heavy atom. The molecule has 0 radical (unpaired) electrons. The van der Waals surface area contributed by atoms with E-state index in [1.54, 1.807) is 18.9 Å². The van der Waals surface area contributed by atoms with Crippen LogP contribution in [0.25, 0.3) is 0 Å².